The van der Waals surface area contributed by atoms with Crippen LogP contribution in [0, 0.1) is 0 Å². The Kier molecular flexibility index (Phi) is 1.89. The highest BCUT2D eigenvalue weighted by Crippen LogP contribution is 2.35. The predicted molar refractivity (Wildman–Crippen MR) is 43.2 cm³/mol. The Balaban J connectivity index is 1.98. The van der Waals surface area contributed by atoms with E-state index in [-0.39, 0.29) is 0 Å². The first-order valence-electron chi connectivity index (χ1n) is 3.88. The summed E-state index contributed by atoms with van der Waals surface area (Å²) < 4.78 is 5.30. The molecule has 58 valence electrons. The third-order valence-electron chi connectivity index (χ3n) is 2.23. The van der Waals surface area contributed by atoms with Crippen molar-refractivity contribution in [3.8, 4) is 0 Å². The molecule has 10 heavy (non-hydrogen) atoms. The minimum atomic E-state index is 0.415. The molecule has 0 atom stereocenters. The fourth-order valence-electron chi connectivity index (χ4n) is 1.60. The SMILES string of the molecule is C1CSC2(CCOCC2)N1. The van der Waals surface area contributed by atoms with Gasteiger partial charge in [-0.05, 0) is 12.8 Å². The van der Waals surface area contributed by atoms with Crippen molar-refractivity contribution in [2.24, 2.45) is 0 Å². The van der Waals surface area contributed by atoms with E-state index in [2.05, 4.69) is 17.1 Å². The van der Waals surface area contributed by atoms with Crippen molar-refractivity contribution in [1.82, 2.24) is 5.32 Å². The van der Waals surface area contributed by atoms with Crippen LogP contribution in [-0.2, 0) is 4.74 Å². The van der Waals surface area contributed by atoms with E-state index < -0.39 is 0 Å². The molecule has 0 aromatic rings. The summed E-state index contributed by atoms with van der Waals surface area (Å²) in [5.74, 6) is 1.28. The summed E-state index contributed by atoms with van der Waals surface area (Å²) >= 11 is 2.07. The lowest BCUT2D eigenvalue weighted by atomic mass is 10.1. The van der Waals surface area contributed by atoms with Crippen molar-refractivity contribution in [3.63, 3.8) is 0 Å². The second-order valence-electron chi connectivity index (χ2n) is 2.88. The third-order valence-corrected chi connectivity index (χ3v) is 3.74. The molecule has 0 radical (unpaired) electrons. The largest absolute Gasteiger partial charge is 0.381 e. The number of rotatable bonds is 0. The molecule has 0 amide bonds. The van der Waals surface area contributed by atoms with Crippen LogP contribution in [0.5, 0.6) is 0 Å². The van der Waals surface area contributed by atoms with Crippen LogP contribution in [0.1, 0.15) is 12.8 Å². The first-order valence-corrected chi connectivity index (χ1v) is 4.87. The van der Waals surface area contributed by atoms with Gasteiger partial charge in [0.05, 0.1) is 4.87 Å². The summed E-state index contributed by atoms with van der Waals surface area (Å²) in [4.78, 5) is 0.415. The quantitative estimate of drug-likeness (QED) is 0.565. The van der Waals surface area contributed by atoms with Gasteiger partial charge in [0.1, 0.15) is 0 Å². The van der Waals surface area contributed by atoms with Gasteiger partial charge in [-0.2, -0.15) is 0 Å². The maximum Gasteiger partial charge on any atom is 0.0690 e. The van der Waals surface area contributed by atoms with E-state index in [0.717, 1.165) is 13.2 Å². The molecule has 2 nitrogen and oxygen atoms in total. The van der Waals surface area contributed by atoms with Gasteiger partial charge in [0.2, 0.25) is 0 Å². The molecule has 3 heteroatoms. The van der Waals surface area contributed by atoms with Crippen LogP contribution in [-0.4, -0.2) is 30.4 Å². The van der Waals surface area contributed by atoms with Gasteiger partial charge in [0.25, 0.3) is 0 Å². The van der Waals surface area contributed by atoms with Gasteiger partial charge in [-0.15, -0.1) is 11.8 Å². The zero-order valence-corrected chi connectivity index (χ0v) is 6.88. The van der Waals surface area contributed by atoms with E-state index in [1.807, 2.05) is 0 Å². The van der Waals surface area contributed by atoms with Crippen LogP contribution >= 0.6 is 11.8 Å². The molecule has 2 heterocycles. The molecular weight excluding hydrogens is 146 g/mol. The Morgan fingerprint density at radius 3 is 2.70 bits per heavy atom. The minimum absolute atomic E-state index is 0.415. The fourth-order valence-corrected chi connectivity index (χ4v) is 2.85. The van der Waals surface area contributed by atoms with Gasteiger partial charge >= 0.3 is 0 Å². The molecule has 2 saturated heterocycles. The molecule has 1 spiro atoms. The maximum atomic E-state index is 5.30. The summed E-state index contributed by atoms with van der Waals surface area (Å²) in [6, 6.07) is 0. The maximum absolute atomic E-state index is 5.30. The molecule has 0 aliphatic carbocycles. The summed E-state index contributed by atoms with van der Waals surface area (Å²) in [6.45, 7) is 3.07. The summed E-state index contributed by atoms with van der Waals surface area (Å²) in [5.41, 5.74) is 0. The molecule has 2 fully saturated rings. The van der Waals surface area contributed by atoms with Gasteiger partial charge in [-0.3, -0.25) is 0 Å². The van der Waals surface area contributed by atoms with Gasteiger partial charge < -0.3 is 10.1 Å². The first kappa shape index (κ1) is 6.95. The molecule has 0 aromatic carbocycles. The van der Waals surface area contributed by atoms with Gasteiger partial charge in [0.15, 0.2) is 0 Å². The minimum Gasteiger partial charge on any atom is -0.381 e. The van der Waals surface area contributed by atoms with E-state index in [9.17, 15) is 0 Å². The van der Waals surface area contributed by atoms with Crippen molar-refractivity contribution in [2.45, 2.75) is 17.7 Å². The normalized spacial score (nSPS) is 31.2. The Labute approximate surface area is 65.7 Å². The number of nitrogens with one attached hydrogen (secondary N) is 1. The Bertz CT molecular complexity index is 115. The van der Waals surface area contributed by atoms with Crippen LogP contribution in [0.4, 0.5) is 0 Å². The number of ether oxygens (including phenoxy) is 1. The summed E-state index contributed by atoms with van der Waals surface area (Å²) in [7, 11) is 0. The Hall–Kier alpha value is 0.270. The molecular formula is C7H13NOS. The highest BCUT2D eigenvalue weighted by Gasteiger charge is 2.35. The van der Waals surface area contributed by atoms with Crippen LogP contribution in [0.15, 0.2) is 0 Å². The molecule has 2 aliphatic heterocycles. The standard InChI is InChI=1S/C7H13NOS/c1-4-9-5-2-7(1)8-3-6-10-7/h8H,1-6H2. The molecule has 0 saturated carbocycles. The van der Waals surface area contributed by atoms with Crippen molar-refractivity contribution < 1.29 is 4.74 Å². The second kappa shape index (κ2) is 2.72. The first-order chi connectivity index (χ1) is 4.91. The molecule has 2 rings (SSSR count). The van der Waals surface area contributed by atoms with E-state index in [4.69, 9.17) is 4.74 Å². The lowest BCUT2D eigenvalue weighted by Gasteiger charge is -2.32. The molecule has 0 bridgehead atoms. The van der Waals surface area contributed by atoms with Gasteiger partial charge in [0, 0.05) is 25.5 Å². The molecule has 0 unspecified atom stereocenters. The van der Waals surface area contributed by atoms with Crippen molar-refractivity contribution >= 4 is 11.8 Å². The summed E-state index contributed by atoms with van der Waals surface area (Å²) in [6.07, 6.45) is 2.38. The zero-order valence-electron chi connectivity index (χ0n) is 6.06. The smallest absolute Gasteiger partial charge is 0.0690 e. The van der Waals surface area contributed by atoms with Crippen molar-refractivity contribution in [2.75, 3.05) is 25.5 Å². The van der Waals surface area contributed by atoms with Crippen LogP contribution in [0.2, 0.25) is 0 Å². The Morgan fingerprint density at radius 1 is 1.30 bits per heavy atom. The molecule has 2 aliphatic rings. The van der Waals surface area contributed by atoms with Crippen molar-refractivity contribution in [3.05, 3.63) is 0 Å². The highest BCUT2D eigenvalue weighted by atomic mass is 32.2. The lowest BCUT2D eigenvalue weighted by molar-refractivity contribution is 0.0712. The summed E-state index contributed by atoms with van der Waals surface area (Å²) in [5, 5.41) is 3.55. The van der Waals surface area contributed by atoms with E-state index in [1.165, 1.54) is 25.1 Å². The molecule has 1 N–H and O–H groups in total. The number of hydrogen-bond acceptors (Lipinski definition) is 3. The van der Waals surface area contributed by atoms with E-state index in [0.29, 0.717) is 4.87 Å². The lowest BCUT2D eigenvalue weighted by Crippen LogP contribution is -2.42. The third kappa shape index (κ3) is 1.18. The van der Waals surface area contributed by atoms with Crippen LogP contribution in [0.3, 0.4) is 0 Å². The average molecular weight is 159 g/mol. The molecule has 0 aromatic heterocycles. The van der Waals surface area contributed by atoms with Crippen LogP contribution < -0.4 is 5.32 Å². The number of hydrogen-bond donors (Lipinski definition) is 1. The Morgan fingerprint density at radius 2 is 2.10 bits per heavy atom. The van der Waals surface area contributed by atoms with Crippen molar-refractivity contribution in [1.29, 1.82) is 0 Å². The fraction of sp³-hybridized carbons (Fsp3) is 1.00. The predicted octanol–water partition coefficient (Wildman–Crippen LogP) is 0.829. The topological polar surface area (TPSA) is 21.3 Å². The van der Waals surface area contributed by atoms with E-state index in [1.54, 1.807) is 0 Å². The van der Waals surface area contributed by atoms with Gasteiger partial charge in [-0.25, -0.2) is 0 Å². The van der Waals surface area contributed by atoms with Gasteiger partial charge in [-0.1, -0.05) is 0 Å². The average Bonchev–Trinajstić information content (AvgIpc) is 2.39. The zero-order chi connectivity index (χ0) is 6.86. The van der Waals surface area contributed by atoms with E-state index >= 15 is 0 Å². The second-order valence-corrected chi connectivity index (χ2v) is 4.36. The van der Waals surface area contributed by atoms with Crippen LogP contribution in [0.25, 0.3) is 0 Å². The monoisotopic (exact) mass is 159 g/mol. The number of thioether (sulfide) groups is 1. The highest BCUT2D eigenvalue weighted by molar-refractivity contribution is 8.00.